The molecule has 1 aromatic carbocycles. The highest BCUT2D eigenvalue weighted by Gasteiger charge is 2.08. The molecule has 0 aliphatic carbocycles. The van der Waals surface area contributed by atoms with Crippen molar-refractivity contribution in [2.24, 2.45) is 0 Å². The molecule has 2 N–H and O–H groups in total. The molecular formula is C11H11N3O3. The molecule has 0 unspecified atom stereocenters. The number of aliphatic hydroxyl groups is 1. The average Bonchev–Trinajstić information content (AvgIpc) is 2.34. The van der Waals surface area contributed by atoms with Crippen molar-refractivity contribution in [3.8, 4) is 11.3 Å². The van der Waals surface area contributed by atoms with Crippen molar-refractivity contribution in [2.75, 3.05) is 6.61 Å². The third-order valence-corrected chi connectivity index (χ3v) is 2.25. The lowest BCUT2D eigenvalue weighted by Crippen LogP contribution is -2.34. The number of benzene rings is 1. The lowest BCUT2D eigenvalue weighted by Gasteiger charge is -2.04. The zero-order valence-electron chi connectivity index (χ0n) is 8.96. The van der Waals surface area contributed by atoms with E-state index in [1.54, 1.807) is 24.3 Å². The highest BCUT2D eigenvalue weighted by atomic mass is 16.3. The third-order valence-electron chi connectivity index (χ3n) is 2.25. The van der Waals surface area contributed by atoms with Crippen molar-refractivity contribution in [1.82, 2.24) is 14.8 Å². The van der Waals surface area contributed by atoms with Crippen molar-refractivity contribution >= 4 is 0 Å². The number of H-pyrrole nitrogens is 1. The Morgan fingerprint density at radius 1 is 1.24 bits per heavy atom. The first-order chi connectivity index (χ1) is 8.22. The summed E-state index contributed by atoms with van der Waals surface area (Å²) in [5, 5.41) is 12.7. The number of aliphatic hydroxyl groups excluding tert-OH is 1. The molecule has 2 aromatic rings. The first-order valence-electron chi connectivity index (χ1n) is 5.10. The van der Waals surface area contributed by atoms with Crippen LogP contribution in [0.15, 0.2) is 39.9 Å². The fourth-order valence-electron chi connectivity index (χ4n) is 1.46. The van der Waals surface area contributed by atoms with Crippen molar-refractivity contribution in [3.05, 3.63) is 51.2 Å². The maximum atomic E-state index is 11.6. The van der Waals surface area contributed by atoms with Gasteiger partial charge in [0.2, 0.25) is 0 Å². The maximum absolute atomic E-state index is 11.6. The number of nitrogens with zero attached hydrogens (tertiary/aromatic N) is 2. The molecule has 2 rings (SSSR count). The Bertz CT molecular complexity index is 616. The van der Waals surface area contributed by atoms with Crippen LogP contribution in [0, 0.1) is 0 Å². The number of rotatable bonds is 3. The van der Waals surface area contributed by atoms with Gasteiger partial charge in [0, 0.05) is 5.56 Å². The van der Waals surface area contributed by atoms with E-state index in [0.717, 1.165) is 4.68 Å². The minimum atomic E-state index is -0.622. The third kappa shape index (κ3) is 2.31. The summed E-state index contributed by atoms with van der Waals surface area (Å²) < 4.78 is 1.03. The molecule has 0 aliphatic rings. The van der Waals surface area contributed by atoms with Crippen LogP contribution >= 0.6 is 0 Å². The molecule has 1 aromatic heterocycles. The molecule has 0 radical (unpaired) electrons. The minimum Gasteiger partial charge on any atom is -0.394 e. The summed E-state index contributed by atoms with van der Waals surface area (Å²) in [6.07, 6.45) is 0. The van der Waals surface area contributed by atoms with E-state index in [9.17, 15) is 9.59 Å². The van der Waals surface area contributed by atoms with Crippen LogP contribution in [0.4, 0.5) is 0 Å². The van der Waals surface area contributed by atoms with E-state index in [-0.39, 0.29) is 18.8 Å². The maximum Gasteiger partial charge on any atom is 0.344 e. The van der Waals surface area contributed by atoms with Crippen LogP contribution in [0.5, 0.6) is 0 Å². The average molecular weight is 233 g/mol. The Morgan fingerprint density at radius 2 is 1.94 bits per heavy atom. The number of aromatic amines is 1. The number of aromatic nitrogens is 3. The van der Waals surface area contributed by atoms with E-state index in [1.165, 1.54) is 0 Å². The van der Waals surface area contributed by atoms with Gasteiger partial charge < -0.3 is 5.11 Å². The van der Waals surface area contributed by atoms with Gasteiger partial charge in [0.15, 0.2) is 5.69 Å². The number of hydrogen-bond acceptors (Lipinski definition) is 4. The molecule has 0 bridgehead atoms. The van der Waals surface area contributed by atoms with Crippen LogP contribution in [-0.4, -0.2) is 26.5 Å². The molecule has 0 atom stereocenters. The van der Waals surface area contributed by atoms with Gasteiger partial charge in [-0.1, -0.05) is 30.3 Å². The number of hydrogen-bond donors (Lipinski definition) is 2. The first-order valence-corrected chi connectivity index (χ1v) is 5.10. The van der Waals surface area contributed by atoms with Gasteiger partial charge in [0.05, 0.1) is 13.2 Å². The first kappa shape index (κ1) is 11.3. The van der Waals surface area contributed by atoms with Gasteiger partial charge in [-0.2, -0.15) is 5.10 Å². The van der Waals surface area contributed by atoms with Crippen molar-refractivity contribution in [2.45, 2.75) is 6.54 Å². The molecule has 6 heteroatoms. The Morgan fingerprint density at radius 3 is 2.59 bits per heavy atom. The molecule has 6 nitrogen and oxygen atoms in total. The summed E-state index contributed by atoms with van der Waals surface area (Å²) in [5.41, 5.74) is -0.363. The standard InChI is InChI=1S/C11H11N3O3/c15-7-6-14-11(17)12-10(16)9(13-14)8-4-2-1-3-5-8/h1-5,15H,6-7H2,(H,12,16,17). The second kappa shape index (κ2) is 4.75. The predicted molar refractivity (Wildman–Crippen MR) is 61.6 cm³/mol. The molecule has 17 heavy (non-hydrogen) atoms. The highest BCUT2D eigenvalue weighted by Crippen LogP contribution is 2.09. The molecule has 0 saturated heterocycles. The van der Waals surface area contributed by atoms with Gasteiger partial charge in [0.25, 0.3) is 5.56 Å². The van der Waals surface area contributed by atoms with Crippen molar-refractivity contribution in [3.63, 3.8) is 0 Å². The molecular weight excluding hydrogens is 222 g/mol. The molecule has 0 saturated carbocycles. The van der Waals surface area contributed by atoms with E-state index in [0.29, 0.717) is 5.56 Å². The van der Waals surface area contributed by atoms with Gasteiger partial charge in [-0.25, -0.2) is 9.48 Å². The second-order valence-corrected chi connectivity index (χ2v) is 3.42. The monoisotopic (exact) mass is 233 g/mol. The van der Waals surface area contributed by atoms with Crippen LogP contribution in [0.1, 0.15) is 0 Å². The highest BCUT2D eigenvalue weighted by molar-refractivity contribution is 5.56. The van der Waals surface area contributed by atoms with Crippen LogP contribution in [0.3, 0.4) is 0 Å². The molecule has 0 spiro atoms. The quantitative estimate of drug-likeness (QED) is 0.754. The lowest BCUT2D eigenvalue weighted by atomic mass is 10.2. The van der Waals surface area contributed by atoms with E-state index >= 15 is 0 Å². The topological polar surface area (TPSA) is 88.0 Å². The Hall–Kier alpha value is -2.21. The Labute approximate surface area is 96.2 Å². The Balaban J connectivity index is 2.59. The Kier molecular flexibility index (Phi) is 3.15. The molecule has 0 amide bonds. The molecule has 1 heterocycles. The van der Waals surface area contributed by atoms with Crippen LogP contribution < -0.4 is 11.2 Å². The SMILES string of the molecule is O=c1[nH]c(=O)n(CCO)nc1-c1ccccc1. The predicted octanol–water partition coefficient (Wildman–Crippen LogP) is -0.409. The summed E-state index contributed by atoms with van der Waals surface area (Å²) in [6, 6.07) is 8.83. The molecule has 88 valence electrons. The zero-order valence-corrected chi connectivity index (χ0v) is 8.96. The van der Waals surface area contributed by atoms with Gasteiger partial charge in [0.1, 0.15) is 0 Å². The summed E-state index contributed by atoms with van der Waals surface area (Å²) in [7, 11) is 0. The second-order valence-electron chi connectivity index (χ2n) is 3.42. The van der Waals surface area contributed by atoms with Gasteiger partial charge in [-0.05, 0) is 0 Å². The number of nitrogens with one attached hydrogen (secondary N) is 1. The van der Waals surface area contributed by atoms with Gasteiger partial charge in [-0.3, -0.25) is 9.78 Å². The fourth-order valence-corrected chi connectivity index (χ4v) is 1.46. The summed E-state index contributed by atoms with van der Waals surface area (Å²) in [4.78, 5) is 25.1. The van der Waals surface area contributed by atoms with E-state index < -0.39 is 11.2 Å². The summed E-state index contributed by atoms with van der Waals surface area (Å²) in [5.74, 6) is 0. The molecule has 0 aliphatic heterocycles. The zero-order chi connectivity index (χ0) is 12.3. The summed E-state index contributed by atoms with van der Waals surface area (Å²) >= 11 is 0. The fraction of sp³-hybridized carbons (Fsp3) is 0.182. The summed E-state index contributed by atoms with van der Waals surface area (Å²) in [6.45, 7) is -0.164. The smallest absolute Gasteiger partial charge is 0.344 e. The van der Waals surface area contributed by atoms with Crippen LogP contribution in [0.25, 0.3) is 11.3 Å². The van der Waals surface area contributed by atoms with E-state index in [2.05, 4.69) is 10.1 Å². The molecule has 0 fully saturated rings. The normalized spacial score (nSPS) is 10.4. The van der Waals surface area contributed by atoms with Crippen LogP contribution in [-0.2, 0) is 6.54 Å². The van der Waals surface area contributed by atoms with E-state index in [4.69, 9.17) is 5.11 Å². The van der Waals surface area contributed by atoms with Gasteiger partial charge in [-0.15, -0.1) is 0 Å². The van der Waals surface area contributed by atoms with E-state index in [1.807, 2.05) is 6.07 Å². The van der Waals surface area contributed by atoms with Crippen LogP contribution in [0.2, 0.25) is 0 Å². The van der Waals surface area contributed by atoms with Gasteiger partial charge >= 0.3 is 5.69 Å². The van der Waals surface area contributed by atoms with Crippen molar-refractivity contribution < 1.29 is 5.11 Å². The minimum absolute atomic E-state index is 0.0510. The largest absolute Gasteiger partial charge is 0.394 e. The lowest BCUT2D eigenvalue weighted by molar-refractivity contribution is 0.265. The van der Waals surface area contributed by atoms with Crippen molar-refractivity contribution in [1.29, 1.82) is 0 Å².